The minimum Gasteiger partial charge on any atom is -0.382 e. The molecule has 0 aromatic heterocycles. The Bertz CT molecular complexity index is 1360. The van der Waals surface area contributed by atoms with Gasteiger partial charge in [0.25, 0.3) is 0 Å². The van der Waals surface area contributed by atoms with Crippen LogP contribution in [0.4, 0.5) is 23.7 Å². The van der Waals surface area contributed by atoms with Crippen LogP contribution in [0.2, 0.25) is 10.0 Å². The lowest BCUT2D eigenvalue weighted by molar-refractivity contribution is -0.204. The molecule has 41 heavy (non-hydrogen) atoms. The van der Waals surface area contributed by atoms with Crippen LogP contribution in [-0.2, 0) is 9.53 Å². The Kier molecular flexibility index (Phi) is 8.83. The minimum absolute atomic E-state index is 0.0220. The Hall–Kier alpha value is -3.39. The fourth-order valence-corrected chi connectivity index (χ4v) is 5.03. The zero-order valence-electron chi connectivity index (χ0n) is 21.7. The number of nitrogens with one attached hydrogen (secondary N) is 2. The van der Waals surface area contributed by atoms with E-state index in [4.69, 9.17) is 39.1 Å². The van der Waals surface area contributed by atoms with Crippen LogP contribution in [-0.4, -0.2) is 77.6 Å². The van der Waals surface area contributed by atoms with Gasteiger partial charge in [-0.25, -0.2) is 4.79 Å². The molecule has 0 saturated carbocycles. The number of aliphatic hydroxyl groups is 1. The molecule has 2 aromatic carbocycles. The molecule has 2 aromatic rings. The van der Waals surface area contributed by atoms with Crippen molar-refractivity contribution in [2.75, 3.05) is 24.7 Å². The summed E-state index contributed by atoms with van der Waals surface area (Å²) in [5.74, 6) is -1.22. The molecule has 0 spiro atoms. The molecule has 3 amide bonds. The van der Waals surface area contributed by atoms with Gasteiger partial charge in [-0.2, -0.15) is 18.3 Å². The molecule has 15 heteroatoms. The van der Waals surface area contributed by atoms with E-state index in [0.29, 0.717) is 26.3 Å². The zero-order valence-corrected chi connectivity index (χ0v) is 23.2. The Labute approximate surface area is 243 Å². The van der Waals surface area contributed by atoms with Crippen molar-refractivity contribution < 1.29 is 32.6 Å². The molecule has 3 unspecified atom stereocenters. The number of hydrogen-bond donors (Lipinski definition) is 4. The minimum atomic E-state index is -5.02. The van der Waals surface area contributed by atoms with Gasteiger partial charge in [0.05, 0.1) is 42.6 Å². The maximum Gasteiger partial charge on any atom is 0.416 e. The molecule has 2 aliphatic heterocycles. The van der Waals surface area contributed by atoms with Gasteiger partial charge in [0.1, 0.15) is 11.9 Å². The largest absolute Gasteiger partial charge is 0.416 e. The highest BCUT2D eigenvalue weighted by atomic mass is 35.5. The van der Waals surface area contributed by atoms with Crippen molar-refractivity contribution in [2.45, 2.75) is 37.8 Å². The summed E-state index contributed by atoms with van der Waals surface area (Å²) in [6.07, 6.45) is -8.62. The van der Waals surface area contributed by atoms with E-state index in [-0.39, 0.29) is 25.1 Å². The Balaban J connectivity index is 1.60. The lowest BCUT2D eigenvalue weighted by atomic mass is 9.75. The van der Waals surface area contributed by atoms with E-state index >= 15 is 0 Å². The van der Waals surface area contributed by atoms with Crippen molar-refractivity contribution in [1.82, 2.24) is 10.2 Å². The second kappa shape index (κ2) is 11.8. The molecule has 2 heterocycles. The maximum absolute atomic E-state index is 13.2. The number of carbonyl (C=O) groups is 2. The van der Waals surface area contributed by atoms with E-state index in [1.807, 2.05) is 6.92 Å². The van der Waals surface area contributed by atoms with Gasteiger partial charge < -0.3 is 20.9 Å². The number of primary amides is 1. The normalized spacial score (nSPS) is 22.9. The molecular formula is C26H27Cl2F3N6O4. The molecule has 0 radical (unpaired) electrons. The van der Waals surface area contributed by atoms with Crippen molar-refractivity contribution in [3.8, 4) is 0 Å². The lowest BCUT2D eigenvalue weighted by Gasteiger charge is -2.42. The van der Waals surface area contributed by atoms with Crippen molar-refractivity contribution in [2.24, 2.45) is 16.3 Å². The summed E-state index contributed by atoms with van der Waals surface area (Å²) in [5, 5.41) is 27.8. The van der Waals surface area contributed by atoms with Gasteiger partial charge in [-0.3, -0.25) is 20.1 Å². The van der Waals surface area contributed by atoms with E-state index < -0.39 is 54.2 Å². The van der Waals surface area contributed by atoms with Gasteiger partial charge in [0.2, 0.25) is 5.91 Å². The van der Waals surface area contributed by atoms with Crippen LogP contribution in [0, 0.1) is 10.8 Å². The van der Waals surface area contributed by atoms with Crippen molar-refractivity contribution in [1.29, 1.82) is 5.41 Å². The van der Waals surface area contributed by atoms with E-state index in [2.05, 4.69) is 10.4 Å². The fraction of sp³-hybridized carbons (Fsp3) is 0.385. The van der Waals surface area contributed by atoms with Gasteiger partial charge in [-0.1, -0.05) is 29.3 Å². The molecular weight excluding hydrogens is 588 g/mol. The lowest BCUT2D eigenvalue weighted by Crippen LogP contribution is -2.56. The van der Waals surface area contributed by atoms with Crippen molar-refractivity contribution in [3.63, 3.8) is 0 Å². The number of urea groups is 1. The first kappa shape index (κ1) is 30.6. The molecule has 1 saturated heterocycles. The number of nitrogens with zero attached hydrogens (tertiary/aromatic N) is 3. The number of aliphatic hydroxyl groups excluding tert-OH is 1. The van der Waals surface area contributed by atoms with Crippen LogP contribution in [0.25, 0.3) is 0 Å². The Morgan fingerprint density at radius 3 is 2.56 bits per heavy atom. The molecule has 5 N–H and O–H groups in total. The summed E-state index contributed by atoms with van der Waals surface area (Å²) in [5.41, 5.74) is 5.79. The number of fused-ring (bicyclic) bond motifs is 1. The number of hydrazone groups is 1. The van der Waals surface area contributed by atoms with E-state index in [0.717, 1.165) is 0 Å². The third kappa shape index (κ3) is 6.58. The van der Waals surface area contributed by atoms with Gasteiger partial charge in [-0.15, -0.1) is 0 Å². The molecule has 2 aliphatic rings. The smallest absolute Gasteiger partial charge is 0.382 e. The number of rotatable bonds is 7. The van der Waals surface area contributed by atoms with Gasteiger partial charge >= 0.3 is 12.2 Å². The van der Waals surface area contributed by atoms with Crippen LogP contribution in [0.3, 0.4) is 0 Å². The van der Waals surface area contributed by atoms with Crippen molar-refractivity contribution in [3.05, 3.63) is 64.1 Å². The first-order valence-corrected chi connectivity index (χ1v) is 13.1. The molecule has 220 valence electrons. The number of halogens is 5. The number of nitrogens with two attached hydrogens (primary N) is 1. The average molecular weight is 615 g/mol. The summed E-state index contributed by atoms with van der Waals surface area (Å²) in [7, 11) is 0. The van der Waals surface area contributed by atoms with Crippen LogP contribution in [0.1, 0.15) is 18.9 Å². The summed E-state index contributed by atoms with van der Waals surface area (Å²) >= 11 is 12.1. The van der Waals surface area contributed by atoms with E-state index in [9.17, 15) is 27.9 Å². The number of alkyl halides is 3. The standard InChI is InChI=1S/C26H27Cl2F3N6O4/c1-25-13-41-18(23(33)39)10-20(25)37(17-4-2-3-16(28)9-17)35-19(25)11-34-24(40)36(12-21(38)26(29,30)31)22(32)14-5-7-15(27)8-6-14/h2-9,18,20-21,32,38H,10-13H2,1H3,(H2,33,39)(H,34,40)/t18?,20?,21-,25?/m0/s1. The SMILES string of the molecule is CC12COC(C(N)=O)CC1N(c1cccc(Cl)c1)N=C2CNC(=O)N(C[C@H](O)C(F)(F)F)C(=N)c1ccc(Cl)cc1. The predicted molar refractivity (Wildman–Crippen MR) is 147 cm³/mol. The first-order valence-electron chi connectivity index (χ1n) is 12.4. The summed E-state index contributed by atoms with van der Waals surface area (Å²) in [4.78, 5) is 25.6. The number of amides is 3. The van der Waals surface area contributed by atoms with Crippen LogP contribution in [0.5, 0.6) is 0 Å². The number of carbonyl (C=O) groups excluding carboxylic acids is 2. The molecule has 0 bridgehead atoms. The quantitative estimate of drug-likeness (QED) is 0.277. The van der Waals surface area contributed by atoms with Crippen LogP contribution >= 0.6 is 23.2 Å². The molecule has 4 atom stereocenters. The number of anilines is 1. The van der Waals surface area contributed by atoms with Gasteiger partial charge in [0.15, 0.2) is 6.10 Å². The Morgan fingerprint density at radius 2 is 1.95 bits per heavy atom. The topological polar surface area (TPSA) is 144 Å². The van der Waals surface area contributed by atoms with Crippen LogP contribution < -0.4 is 16.1 Å². The van der Waals surface area contributed by atoms with E-state index in [1.54, 1.807) is 29.3 Å². The maximum atomic E-state index is 13.2. The van der Waals surface area contributed by atoms with Gasteiger partial charge in [0, 0.05) is 22.0 Å². The number of amidine groups is 1. The fourth-order valence-electron chi connectivity index (χ4n) is 4.72. The molecule has 0 aliphatic carbocycles. The molecule has 10 nitrogen and oxygen atoms in total. The van der Waals surface area contributed by atoms with Crippen molar-refractivity contribution >= 4 is 52.4 Å². The van der Waals surface area contributed by atoms with Crippen LogP contribution in [0.15, 0.2) is 53.6 Å². The number of hydrogen-bond acceptors (Lipinski definition) is 7. The Morgan fingerprint density at radius 1 is 1.27 bits per heavy atom. The highest BCUT2D eigenvalue weighted by molar-refractivity contribution is 6.31. The van der Waals surface area contributed by atoms with E-state index in [1.165, 1.54) is 24.3 Å². The summed E-state index contributed by atoms with van der Waals surface area (Å²) in [6, 6.07) is 10.9. The predicted octanol–water partition coefficient (Wildman–Crippen LogP) is 3.78. The first-order chi connectivity index (χ1) is 19.2. The highest BCUT2D eigenvalue weighted by Crippen LogP contribution is 2.43. The summed E-state index contributed by atoms with van der Waals surface area (Å²) < 4.78 is 45.3. The second-order valence-electron chi connectivity index (χ2n) is 9.92. The third-order valence-corrected chi connectivity index (χ3v) is 7.59. The average Bonchev–Trinajstić information content (AvgIpc) is 3.21. The summed E-state index contributed by atoms with van der Waals surface area (Å²) in [6.45, 7) is 0.390. The molecule has 1 fully saturated rings. The number of ether oxygens (including phenoxy) is 1. The zero-order chi connectivity index (χ0) is 30.1. The second-order valence-corrected chi connectivity index (χ2v) is 10.8. The monoisotopic (exact) mass is 614 g/mol. The highest BCUT2D eigenvalue weighted by Gasteiger charge is 2.53. The molecule has 4 rings (SSSR count). The number of benzene rings is 2. The van der Waals surface area contributed by atoms with Gasteiger partial charge in [-0.05, 0) is 49.4 Å². The third-order valence-electron chi connectivity index (χ3n) is 7.10.